The summed E-state index contributed by atoms with van der Waals surface area (Å²) < 4.78 is 38.6. The van der Waals surface area contributed by atoms with Crippen LogP contribution in [0.2, 0.25) is 0 Å². The summed E-state index contributed by atoms with van der Waals surface area (Å²) in [5.74, 6) is 3.00. The van der Waals surface area contributed by atoms with Crippen LogP contribution < -0.4 is 15.0 Å². The molecule has 0 amide bonds. The summed E-state index contributed by atoms with van der Waals surface area (Å²) in [6, 6.07) is 6.95. The van der Waals surface area contributed by atoms with Crippen molar-refractivity contribution in [1.29, 1.82) is 0 Å². The van der Waals surface area contributed by atoms with Crippen LogP contribution in [0.1, 0.15) is 13.3 Å². The number of imidazole rings is 1. The first kappa shape index (κ1) is 24.2. The summed E-state index contributed by atoms with van der Waals surface area (Å²) in [6.07, 6.45) is 3.16. The number of rotatable bonds is 10. The Morgan fingerprint density at radius 1 is 1.27 bits per heavy atom. The van der Waals surface area contributed by atoms with Crippen LogP contribution in [-0.2, 0) is 20.4 Å². The fourth-order valence-electron chi connectivity index (χ4n) is 3.23. The lowest BCUT2D eigenvalue weighted by molar-refractivity contribution is 0.0678. The second-order valence-electron chi connectivity index (χ2n) is 7.44. The first-order valence-corrected chi connectivity index (χ1v) is 14.6. The van der Waals surface area contributed by atoms with Gasteiger partial charge in [-0.3, -0.25) is 4.52 Å². The lowest BCUT2D eigenvalue weighted by Gasteiger charge is -2.27. The Kier molecular flexibility index (Phi) is 8.02. The Morgan fingerprint density at radius 2 is 2.12 bits per heavy atom. The highest BCUT2D eigenvalue weighted by molar-refractivity contribution is 8.76. The van der Waals surface area contributed by atoms with Crippen LogP contribution in [0.5, 0.6) is 11.5 Å². The molecule has 0 spiro atoms. The van der Waals surface area contributed by atoms with E-state index < -0.39 is 7.60 Å². The molecule has 3 unspecified atom stereocenters. The van der Waals surface area contributed by atoms with Crippen LogP contribution in [0.25, 0.3) is 11.2 Å². The molecule has 0 bridgehead atoms. The summed E-state index contributed by atoms with van der Waals surface area (Å²) in [5.41, 5.74) is 7.01. The molecule has 1 fully saturated rings. The third-order valence-corrected chi connectivity index (χ3v) is 8.92. The van der Waals surface area contributed by atoms with Gasteiger partial charge < -0.3 is 24.3 Å². The molecule has 10 nitrogen and oxygen atoms in total. The zero-order valence-electron chi connectivity index (χ0n) is 18.3. The maximum atomic E-state index is 13.7. The normalized spacial score (nSPS) is 19.2. The molecular weight excluding hydrogens is 485 g/mol. The quantitative estimate of drug-likeness (QED) is 0.311. The van der Waals surface area contributed by atoms with Gasteiger partial charge in [0, 0.05) is 17.6 Å². The van der Waals surface area contributed by atoms with Crippen molar-refractivity contribution < 1.29 is 23.1 Å². The molecule has 1 aliphatic heterocycles. The highest BCUT2D eigenvalue weighted by Gasteiger charge is 2.33. The van der Waals surface area contributed by atoms with Gasteiger partial charge in [-0.1, -0.05) is 27.7 Å². The third kappa shape index (κ3) is 6.33. The zero-order chi connectivity index (χ0) is 23.3. The van der Waals surface area contributed by atoms with Crippen molar-refractivity contribution in [1.82, 2.24) is 19.5 Å². The average Bonchev–Trinajstić information content (AvgIpc) is 3.22. The second kappa shape index (κ2) is 11.0. The van der Waals surface area contributed by atoms with Gasteiger partial charge in [-0.15, -0.1) is 0 Å². The summed E-state index contributed by atoms with van der Waals surface area (Å²) in [4.78, 5) is 12.5. The Balaban J connectivity index is 1.45. The van der Waals surface area contributed by atoms with Crippen molar-refractivity contribution in [3.63, 3.8) is 0 Å². The van der Waals surface area contributed by atoms with Crippen molar-refractivity contribution in [2.75, 3.05) is 30.7 Å². The molecule has 2 aromatic heterocycles. The summed E-state index contributed by atoms with van der Waals surface area (Å²) in [5, 5.41) is 0. The van der Waals surface area contributed by atoms with Gasteiger partial charge in [0.2, 0.25) is 0 Å². The molecular formula is C20H26N5O5PS2. The highest BCUT2D eigenvalue weighted by atomic mass is 33.1. The Bertz CT molecular complexity index is 1130. The minimum Gasteiger partial charge on any atom is -0.497 e. The third-order valence-electron chi connectivity index (χ3n) is 4.86. The second-order valence-corrected chi connectivity index (χ2v) is 11.9. The van der Waals surface area contributed by atoms with Crippen molar-refractivity contribution >= 4 is 46.2 Å². The maximum absolute atomic E-state index is 13.7. The van der Waals surface area contributed by atoms with Gasteiger partial charge in [0.15, 0.2) is 17.8 Å². The molecule has 178 valence electrons. The van der Waals surface area contributed by atoms with Crippen molar-refractivity contribution in [3.05, 3.63) is 36.9 Å². The van der Waals surface area contributed by atoms with E-state index in [4.69, 9.17) is 24.3 Å². The number of fused-ring (bicyclic) bond motifs is 1. The van der Waals surface area contributed by atoms with E-state index in [0.717, 1.165) is 17.9 Å². The first-order valence-electron chi connectivity index (χ1n) is 10.3. The predicted octanol–water partition coefficient (Wildman–Crippen LogP) is 4.22. The van der Waals surface area contributed by atoms with E-state index in [1.807, 2.05) is 11.5 Å². The fourth-order valence-corrected chi connectivity index (χ4v) is 7.34. The molecule has 1 aromatic carbocycles. The van der Waals surface area contributed by atoms with Crippen molar-refractivity contribution in [2.45, 2.75) is 32.1 Å². The van der Waals surface area contributed by atoms with Gasteiger partial charge in [0.1, 0.15) is 23.3 Å². The number of benzene rings is 1. The maximum Gasteiger partial charge on any atom is 0.405 e. The van der Waals surface area contributed by atoms with Gasteiger partial charge in [0.25, 0.3) is 0 Å². The van der Waals surface area contributed by atoms with E-state index in [1.54, 1.807) is 59.3 Å². The van der Waals surface area contributed by atoms with E-state index in [-0.39, 0.29) is 18.6 Å². The van der Waals surface area contributed by atoms with Gasteiger partial charge in [-0.2, -0.15) is 0 Å². The highest BCUT2D eigenvalue weighted by Crippen LogP contribution is 2.51. The topological polar surface area (TPSA) is 124 Å². The predicted molar refractivity (Wildman–Crippen MR) is 131 cm³/mol. The summed E-state index contributed by atoms with van der Waals surface area (Å²) in [6.45, 7) is 2.31. The number of hydrogen-bond donors (Lipinski definition) is 1. The molecule has 33 heavy (non-hydrogen) atoms. The van der Waals surface area contributed by atoms with E-state index in [0.29, 0.717) is 35.0 Å². The smallest absolute Gasteiger partial charge is 0.405 e. The molecule has 2 N–H and O–H groups in total. The Labute approximate surface area is 199 Å². The number of anilines is 1. The number of nitrogens with zero attached hydrogens (tertiary/aromatic N) is 4. The number of hydrogen-bond acceptors (Lipinski definition) is 11. The fraction of sp³-hybridized carbons (Fsp3) is 0.450. The van der Waals surface area contributed by atoms with E-state index >= 15 is 0 Å². The molecule has 0 radical (unpaired) electrons. The minimum absolute atomic E-state index is 0.163. The molecule has 3 heterocycles. The minimum atomic E-state index is -3.61. The van der Waals surface area contributed by atoms with Crippen LogP contribution >= 0.6 is 29.2 Å². The monoisotopic (exact) mass is 511 g/mol. The molecule has 13 heteroatoms. The van der Waals surface area contributed by atoms with E-state index in [1.165, 1.54) is 6.33 Å². The summed E-state index contributed by atoms with van der Waals surface area (Å²) in [7, 11) is 1.45. The number of methoxy groups -OCH3 is 1. The van der Waals surface area contributed by atoms with E-state index in [2.05, 4.69) is 15.0 Å². The molecule has 1 aliphatic rings. The van der Waals surface area contributed by atoms with Gasteiger partial charge >= 0.3 is 7.60 Å². The summed E-state index contributed by atoms with van der Waals surface area (Å²) >= 11 is 0. The SMILES string of the molecule is COc1cccc(OP(=O)(COC(C)Cn2cnc3c(N)ncnc32)OC2CCSSC2)c1. The van der Waals surface area contributed by atoms with Crippen LogP contribution in [0.3, 0.4) is 0 Å². The Morgan fingerprint density at radius 3 is 2.91 bits per heavy atom. The average molecular weight is 512 g/mol. The molecule has 0 saturated carbocycles. The van der Waals surface area contributed by atoms with Gasteiger partial charge in [-0.25, -0.2) is 19.5 Å². The van der Waals surface area contributed by atoms with E-state index in [9.17, 15) is 4.57 Å². The number of nitrogens with two attached hydrogens (primary N) is 1. The lowest BCUT2D eigenvalue weighted by atomic mass is 10.3. The van der Waals surface area contributed by atoms with Crippen LogP contribution in [0, 0.1) is 0 Å². The molecule has 3 aromatic rings. The zero-order valence-corrected chi connectivity index (χ0v) is 20.9. The molecule has 3 atom stereocenters. The van der Waals surface area contributed by atoms with Crippen LogP contribution in [0.4, 0.5) is 5.82 Å². The number of ether oxygens (including phenoxy) is 2. The van der Waals surface area contributed by atoms with Crippen molar-refractivity contribution in [2.24, 2.45) is 0 Å². The molecule has 1 saturated heterocycles. The van der Waals surface area contributed by atoms with Crippen molar-refractivity contribution in [3.8, 4) is 11.5 Å². The standard InChI is InChI=1S/C20H26N5O5PS2/c1-14(9-25-12-24-18-19(21)22-11-23-20(18)25)28-13-31(26,30-17-6-7-32-33-10-17)29-16-5-3-4-15(8-16)27-2/h3-5,8,11-12,14,17H,6-7,9-10,13H2,1-2H3,(H2,21,22,23). The number of aromatic nitrogens is 4. The van der Waals surface area contributed by atoms with Crippen LogP contribution in [-0.4, -0.2) is 56.7 Å². The van der Waals surface area contributed by atoms with Gasteiger partial charge in [-0.05, 0) is 25.5 Å². The molecule has 4 rings (SSSR count). The Hall–Kier alpha value is -1.98. The largest absolute Gasteiger partial charge is 0.497 e. The number of nitrogen functional groups attached to an aromatic ring is 1. The first-order chi connectivity index (χ1) is 16.0. The van der Waals surface area contributed by atoms with Gasteiger partial charge in [0.05, 0.1) is 32.2 Å². The lowest BCUT2D eigenvalue weighted by Crippen LogP contribution is -2.23. The van der Waals surface area contributed by atoms with Crippen LogP contribution in [0.15, 0.2) is 36.9 Å². The molecule has 0 aliphatic carbocycles.